The second-order valence-electron chi connectivity index (χ2n) is 8.31. The van der Waals surface area contributed by atoms with Crippen molar-refractivity contribution in [2.24, 2.45) is 11.8 Å². The fraction of sp³-hybridized carbons (Fsp3) is 0.435. The first kappa shape index (κ1) is 22.5. The third-order valence-corrected chi connectivity index (χ3v) is 5.95. The van der Waals surface area contributed by atoms with E-state index in [1.165, 1.54) is 11.3 Å². The Hall–Kier alpha value is -2.18. The Bertz CT molecular complexity index is 1010. The molecule has 0 radical (unpaired) electrons. The summed E-state index contributed by atoms with van der Waals surface area (Å²) in [6.45, 7) is 12.6. The molecule has 0 aliphatic heterocycles. The maximum atomic E-state index is 12.8. The molecule has 0 bridgehead atoms. The summed E-state index contributed by atoms with van der Waals surface area (Å²) in [4.78, 5) is 25.3. The van der Waals surface area contributed by atoms with E-state index in [1.807, 2.05) is 37.3 Å². The van der Waals surface area contributed by atoms with Crippen LogP contribution in [0.15, 0.2) is 30.3 Å². The van der Waals surface area contributed by atoms with Crippen molar-refractivity contribution in [2.45, 2.75) is 41.2 Å². The number of anilines is 1. The summed E-state index contributed by atoms with van der Waals surface area (Å²) in [7, 11) is 0. The molecular formula is C23H28ClN3O2S. The molecule has 0 N–H and O–H groups in total. The second kappa shape index (κ2) is 9.75. The van der Waals surface area contributed by atoms with Gasteiger partial charge in [-0.05, 0) is 41.5 Å². The van der Waals surface area contributed by atoms with E-state index in [0.717, 1.165) is 35.4 Å². The van der Waals surface area contributed by atoms with Crippen LogP contribution in [-0.2, 0) is 11.3 Å². The van der Waals surface area contributed by atoms with Crippen molar-refractivity contribution in [1.29, 1.82) is 0 Å². The molecule has 1 aromatic carbocycles. The van der Waals surface area contributed by atoms with Crippen LogP contribution < -0.4 is 4.90 Å². The summed E-state index contributed by atoms with van der Waals surface area (Å²) in [5.74, 6) is 1.37. The highest BCUT2D eigenvalue weighted by atomic mass is 35.5. The fourth-order valence-corrected chi connectivity index (χ4v) is 4.72. The molecule has 0 unspecified atom stereocenters. The van der Waals surface area contributed by atoms with Gasteiger partial charge in [0.1, 0.15) is 22.1 Å². The zero-order valence-corrected chi connectivity index (χ0v) is 19.7. The highest BCUT2D eigenvalue weighted by molar-refractivity contribution is 7.20. The number of carbonyl (C=O) groups excluding carboxylic acids is 1. The summed E-state index contributed by atoms with van der Waals surface area (Å²) >= 11 is 7.58. The van der Waals surface area contributed by atoms with E-state index >= 15 is 0 Å². The molecule has 2 aromatic heterocycles. The third kappa shape index (κ3) is 5.29. The standard InChI is InChI=1S/C23H28ClN3O2S/c1-14(2)11-27(12-15(3)4)20-18-16(5)19(30-21(18)26-23(24)25-20)22(28)29-13-17-9-7-6-8-10-17/h6-10,14-15H,11-13H2,1-5H3. The van der Waals surface area contributed by atoms with E-state index in [9.17, 15) is 4.79 Å². The van der Waals surface area contributed by atoms with Gasteiger partial charge in [0.05, 0.1) is 5.39 Å². The zero-order chi connectivity index (χ0) is 21.8. The first-order valence-electron chi connectivity index (χ1n) is 10.2. The lowest BCUT2D eigenvalue weighted by Gasteiger charge is -2.28. The van der Waals surface area contributed by atoms with Gasteiger partial charge in [0.25, 0.3) is 0 Å². The minimum Gasteiger partial charge on any atom is -0.457 e. The summed E-state index contributed by atoms with van der Waals surface area (Å²) in [6.07, 6.45) is 0. The zero-order valence-electron chi connectivity index (χ0n) is 18.1. The maximum absolute atomic E-state index is 12.8. The van der Waals surface area contributed by atoms with Crippen LogP contribution in [0.5, 0.6) is 0 Å². The van der Waals surface area contributed by atoms with Gasteiger partial charge in [0, 0.05) is 13.1 Å². The van der Waals surface area contributed by atoms with E-state index in [4.69, 9.17) is 16.3 Å². The predicted molar refractivity (Wildman–Crippen MR) is 125 cm³/mol. The molecule has 0 saturated carbocycles. The Kier molecular flexibility index (Phi) is 7.32. The van der Waals surface area contributed by atoms with E-state index in [2.05, 4.69) is 42.6 Å². The number of benzene rings is 1. The number of carbonyl (C=O) groups is 1. The molecule has 160 valence electrons. The van der Waals surface area contributed by atoms with Gasteiger partial charge in [-0.15, -0.1) is 11.3 Å². The molecule has 0 aliphatic rings. The average Bonchev–Trinajstić information content (AvgIpc) is 3.01. The maximum Gasteiger partial charge on any atom is 0.349 e. The van der Waals surface area contributed by atoms with Gasteiger partial charge < -0.3 is 9.64 Å². The van der Waals surface area contributed by atoms with Crippen LogP contribution in [0.3, 0.4) is 0 Å². The Balaban J connectivity index is 1.97. The monoisotopic (exact) mass is 445 g/mol. The molecule has 5 nitrogen and oxygen atoms in total. The molecule has 0 spiro atoms. The number of hydrogen-bond donors (Lipinski definition) is 0. The largest absolute Gasteiger partial charge is 0.457 e. The quantitative estimate of drug-likeness (QED) is 0.308. The SMILES string of the molecule is Cc1c(C(=O)OCc2ccccc2)sc2nc(Cl)nc(N(CC(C)C)CC(C)C)c12. The molecule has 0 atom stereocenters. The molecule has 0 amide bonds. The van der Waals surface area contributed by atoms with Gasteiger partial charge in [0.15, 0.2) is 0 Å². The molecule has 0 fully saturated rings. The summed E-state index contributed by atoms with van der Waals surface area (Å²) < 4.78 is 5.56. The van der Waals surface area contributed by atoms with Gasteiger partial charge in [0.2, 0.25) is 5.28 Å². The van der Waals surface area contributed by atoms with Gasteiger partial charge in [-0.3, -0.25) is 0 Å². The number of aromatic nitrogens is 2. The van der Waals surface area contributed by atoms with Gasteiger partial charge in [-0.25, -0.2) is 9.78 Å². The number of halogens is 1. The van der Waals surface area contributed by atoms with E-state index in [1.54, 1.807) is 0 Å². The first-order chi connectivity index (χ1) is 14.3. The highest BCUT2D eigenvalue weighted by Crippen LogP contribution is 2.37. The Morgan fingerprint density at radius 3 is 2.33 bits per heavy atom. The topological polar surface area (TPSA) is 55.3 Å². The number of ether oxygens (including phenoxy) is 1. The van der Waals surface area contributed by atoms with Crippen LogP contribution in [0, 0.1) is 18.8 Å². The van der Waals surface area contributed by atoms with Crippen LogP contribution in [0.2, 0.25) is 5.28 Å². The van der Waals surface area contributed by atoms with Gasteiger partial charge >= 0.3 is 5.97 Å². The van der Waals surface area contributed by atoms with Crippen molar-refractivity contribution >= 4 is 44.9 Å². The number of esters is 1. The number of aryl methyl sites for hydroxylation is 1. The summed E-state index contributed by atoms with van der Waals surface area (Å²) in [5.41, 5.74) is 1.80. The number of hydrogen-bond acceptors (Lipinski definition) is 6. The van der Waals surface area contributed by atoms with Crippen LogP contribution in [0.25, 0.3) is 10.2 Å². The number of thiophene rings is 1. The summed E-state index contributed by atoms with van der Waals surface area (Å²) in [5, 5.41) is 1.08. The average molecular weight is 446 g/mol. The van der Waals surface area contributed by atoms with Crippen molar-refractivity contribution in [1.82, 2.24) is 9.97 Å². The van der Waals surface area contributed by atoms with Gasteiger partial charge in [-0.1, -0.05) is 58.0 Å². The minimum absolute atomic E-state index is 0.195. The van der Waals surface area contributed by atoms with Crippen molar-refractivity contribution in [2.75, 3.05) is 18.0 Å². The van der Waals surface area contributed by atoms with Crippen molar-refractivity contribution in [3.8, 4) is 0 Å². The molecule has 7 heteroatoms. The van der Waals surface area contributed by atoms with Crippen LogP contribution in [0.4, 0.5) is 5.82 Å². The fourth-order valence-electron chi connectivity index (χ4n) is 3.43. The number of nitrogens with zero attached hydrogens (tertiary/aromatic N) is 3. The number of fused-ring (bicyclic) bond motifs is 1. The normalized spacial score (nSPS) is 11.5. The third-order valence-electron chi connectivity index (χ3n) is 4.61. The lowest BCUT2D eigenvalue weighted by atomic mass is 10.1. The summed E-state index contributed by atoms with van der Waals surface area (Å²) in [6, 6.07) is 9.66. The lowest BCUT2D eigenvalue weighted by molar-refractivity contribution is 0.0478. The highest BCUT2D eigenvalue weighted by Gasteiger charge is 2.24. The molecule has 0 saturated heterocycles. The number of rotatable bonds is 8. The van der Waals surface area contributed by atoms with E-state index in [0.29, 0.717) is 21.5 Å². The van der Waals surface area contributed by atoms with Crippen molar-refractivity contribution in [3.63, 3.8) is 0 Å². The van der Waals surface area contributed by atoms with Crippen LogP contribution in [-0.4, -0.2) is 29.0 Å². The van der Waals surface area contributed by atoms with Gasteiger partial charge in [-0.2, -0.15) is 4.98 Å². The molecule has 0 aliphatic carbocycles. The van der Waals surface area contributed by atoms with E-state index < -0.39 is 0 Å². The Morgan fingerprint density at radius 2 is 1.73 bits per heavy atom. The molecule has 2 heterocycles. The Labute approximate surface area is 187 Å². The minimum atomic E-state index is -0.347. The Morgan fingerprint density at radius 1 is 1.10 bits per heavy atom. The smallest absolute Gasteiger partial charge is 0.349 e. The van der Waals surface area contributed by atoms with Crippen molar-refractivity contribution in [3.05, 3.63) is 51.6 Å². The predicted octanol–water partition coefficient (Wildman–Crippen LogP) is 6.13. The van der Waals surface area contributed by atoms with E-state index in [-0.39, 0.29) is 17.9 Å². The molecule has 30 heavy (non-hydrogen) atoms. The van der Waals surface area contributed by atoms with Crippen LogP contribution in [0.1, 0.15) is 48.5 Å². The van der Waals surface area contributed by atoms with Crippen molar-refractivity contribution < 1.29 is 9.53 Å². The molecule has 3 rings (SSSR count). The molecule has 3 aromatic rings. The molecular weight excluding hydrogens is 418 g/mol. The first-order valence-corrected chi connectivity index (χ1v) is 11.4. The lowest BCUT2D eigenvalue weighted by Crippen LogP contribution is -2.32. The van der Waals surface area contributed by atoms with Crippen LogP contribution >= 0.6 is 22.9 Å². The second-order valence-corrected chi connectivity index (χ2v) is 9.64.